The lowest BCUT2D eigenvalue weighted by Gasteiger charge is -2.27. The molecule has 1 unspecified atom stereocenters. The molecular weight excluding hydrogens is 240 g/mol. The molecule has 0 aliphatic heterocycles. The van der Waals surface area contributed by atoms with E-state index in [0.717, 1.165) is 5.92 Å². The fraction of sp³-hybridized carbons (Fsp3) is 0.200. The highest BCUT2D eigenvalue weighted by molar-refractivity contribution is 5.81. The summed E-state index contributed by atoms with van der Waals surface area (Å²) >= 11 is 0. The Kier molecular flexibility index (Phi) is 1.99. The van der Waals surface area contributed by atoms with E-state index in [1.54, 1.807) is 11.1 Å². The summed E-state index contributed by atoms with van der Waals surface area (Å²) in [4.78, 5) is 0. The predicted molar refractivity (Wildman–Crippen MR) is 82.6 cm³/mol. The van der Waals surface area contributed by atoms with E-state index in [2.05, 4.69) is 60.7 Å². The molecule has 2 aromatic carbocycles. The predicted octanol–water partition coefficient (Wildman–Crippen LogP) is 5.08. The van der Waals surface area contributed by atoms with Crippen LogP contribution in [-0.2, 0) is 0 Å². The summed E-state index contributed by atoms with van der Waals surface area (Å²) in [5, 5.41) is 0. The topological polar surface area (TPSA) is 0 Å². The van der Waals surface area contributed by atoms with Crippen molar-refractivity contribution in [1.82, 2.24) is 0 Å². The zero-order valence-corrected chi connectivity index (χ0v) is 11.3. The second-order valence-corrected chi connectivity index (χ2v) is 6.09. The van der Waals surface area contributed by atoms with Gasteiger partial charge >= 0.3 is 0 Å². The molecule has 0 spiro atoms. The minimum Gasteiger partial charge on any atom is -0.0770 e. The number of benzene rings is 2. The van der Waals surface area contributed by atoms with Gasteiger partial charge in [0.15, 0.2) is 0 Å². The molecule has 96 valence electrons. The maximum Gasteiger partial charge on any atom is 0.0351 e. The Morgan fingerprint density at radius 3 is 2.00 bits per heavy atom. The summed E-state index contributed by atoms with van der Waals surface area (Å²) in [5.74, 6) is 1.23. The summed E-state index contributed by atoms with van der Waals surface area (Å²) in [5.41, 5.74) is 9.12. The average molecular weight is 256 g/mol. The Labute approximate surface area is 119 Å². The van der Waals surface area contributed by atoms with E-state index in [-0.39, 0.29) is 0 Å². The van der Waals surface area contributed by atoms with Crippen LogP contribution in [0.2, 0.25) is 0 Å². The van der Waals surface area contributed by atoms with Crippen molar-refractivity contribution < 1.29 is 0 Å². The van der Waals surface area contributed by atoms with Gasteiger partial charge in [0, 0.05) is 5.92 Å². The molecule has 1 fully saturated rings. The summed E-state index contributed by atoms with van der Waals surface area (Å²) < 4.78 is 0. The second kappa shape index (κ2) is 3.73. The van der Waals surface area contributed by atoms with Crippen LogP contribution in [0.15, 0.2) is 71.8 Å². The number of fused-ring (bicyclic) bond motifs is 4. The van der Waals surface area contributed by atoms with E-state index in [4.69, 9.17) is 0 Å². The van der Waals surface area contributed by atoms with E-state index in [0.29, 0.717) is 5.92 Å². The van der Waals surface area contributed by atoms with Crippen LogP contribution in [-0.4, -0.2) is 0 Å². The fourth-order valence-electron chi connectivity index (χ4n) is 4.13. The van der Waals surface area contributed by atoms with Gasteiger partial charge in [-0.15, -0.1) is 0 Å². The van der Waals surface area contributed by atoms with Crippen molar-refractivity contribution in [3.8, 4) is 11.1 Å². The van der Waals surface area contributed by atoms with Crippen LogP contribution >= 0.6 is 0 Å². The summed E-state index contributed by atoms with van der Waals surface area (Å²) in [6.45, 7) is 0. The summed E-state index contributed by atoms with van der Waals surface area (Å²) in [6, 6.07) is 17.9. The van der Waals surface area contributed by atoms with Gasteiger partial charge in [-0.25, -0.2) is 0 Å². The Morgan fingerprint density at radius 2 is 1.45 bits per heavy atom. The quantitative estimate of drug-likeness (QED) is 0.667. The standard InChI is InChI=1S/C20H16/c1-3-7-17-15(5-1)16-6-2-4-8-18(16)20(17)19-12-10-13-9-11-14(13)19/h1-8,10,12-13,20H,9,11H2. The minimum atomic E-state index is 0.471. The molecule has 0 heteroatoms. The zero-order chi connectivity index (χ0) is 13.1. The van der Waals surface area contributed by atoms with Crippen molar-refractivity contribution in [2.45, 2.75) is 18.8 Å². The van der Waals surface area contributed by atoms with Gasteiger partial charge in [-0.2, -0.15) is 0 Å². The minimum absolute atomic E-state index is 0.471. The van der Waals surface area contributed by atoms with Gasteiger partial charge < -0.3 is 0 Å². The van der Waals surface area contributed by atoms with E-state index < -0.39 is 0 Å². The highest BCUT2D eigenvalue weighted by atomic mass is 14.4. The lowest BCUT2D eigenvalue weighted by Crippen LogP contribution is -2.13. The first-order valence-corrected chi connectivity index (χ1v) is 7.53. The first-order chi connectivity index (χ1) is 9.93. The van der Waals surface area contributed by atoms with Crippen LogP contribution in [0.5, 0.6) is 0 Å². The third-order valence-electron chi connectivity index (χ3n) is 5.20. The number of allylic oxidation sites excluding steroid dienone is 4. The molecule has 1 saturated carbocycles. The number of hydrogen-bond acceptors (Lipinski definition) is 0. The van der Waals surface area contributed by atoms with Gasteiger partial charge in [-0.1, -0.05) is 66.3 Å². The van der Waals surface area contributed by atoms with E-state index in [1.165, 1.54) is 35.1 Å². The Hall–Kier alpha value is -2.08. The third-order valence-corrected chi connectivity index (χ3v) is 5.20. The molecule has 2 aromatic rings. The molecular formula is C20H16. The lowest BCUT2D eigenvalue weighted by atomic mass is 9.77. The van der Waals surface area contributed by atoms with Crippen LogP contribution in [0.25, 0.3) is 11.1 Å². The third kappa shape index (κ3) is 1.22. The van der Waals surface area contributed by atoms with Crippen LogP contribution in [0.1, 0.15) is 29.9 Å². The van der Waals surface area contributed by atoms with Crippen molar-refractivity contribution >= 4 is 0 Å². The van der Waals surface area contributed by atoms with Crippen molar-refractivity contribution in [2.24, 2.45) is 5.92 Å². The Bertz CT molecular complexity index is 731. The van der Waals surface area contributed by atoms with Gasteiger partial charge in [0.05, 0.1) is 0 Å². The molecule has 0 heterocycles. The summed E-state index contributed by atoms with van der Waals surface area (Å²) in [7, 11) is 0. The van der Waals surface area contributed by atoms with Crippen molar-refractivity contribution in [3.05, 3.63) is 83.0 Å². The average Bonchev–Trinajstić information content (AvgIpc) is 2.93. The summed E-state index contributed by atoms with van der Waals surface area (Å²) in [6.07, 6.45) is 7.47. The largest absolute Gasteiger partial charge is 0.0770 e. The van der Waals surface area contributed by atoms with E-state index >= 15 is 0 Å². The second-order valence-electron chi connectivity index (χ2n) is 6.09. The first kappa shape index (κ1) is 10.7. The maximum atomic E-state index is 2.41. The van der Waals surface area contributed by atoms with Crippen molar-refractivity contribution in [2.75, 3.05) is 0 Å². The molecule has 0 radical (unpaired) electrons. The van der Waals surface area contributed by atoms with Crippen molar-refractivity contribution in [1.29, 1.82) is 0 Å². The number of rotatable bonds is 1. The first-order valence-electron chi connectivity index (χ1n) is 7.53. The zero-order valence-electron chi connectivity index (χ0n) is 11.3. The fourth-order valence-corrected chi connectivity index (χ4v) is 4.13. The normalized spacial score (nSPS) is 22.5. The molecule has 0 bridgehead atoms. The monoisotopic (exact) mass is 256 g/mol. The van der Waals surface area contributed by atoms with Gasteiger partial charge in [0.2, 0.25) is 0 Å². The molecule has 0 nitrogen and oxygen atoms in total. The Balaban J connectivity index is 1.79. The molecule has 3 aliphatic rings. The van der Waals surface area contributed by atoms with E-state index in [1.807, 2.05) is 0 Å². The van der Waals surface area contributed by atoms with Crippen LogP contribution in [0.3, 0.4) is 0 Å². The molecule has 3 aliphatic carbocycles. The van der Waals surface area contributed by atoms with Crippen LogP contribution in [0.4, 0.5) is 0 Å². The van der Waals surface area contributed by atoms with Crippen LogP contribution in [0, 0.1) is 5.92 Å². The SMILES string of the molecule is C1=CC2CCC2=C1C1c2ccccc2-c2ccccc21. The molecule has 1 atom stereocenters. The Morgan fingerprint density at radius 1 is 0.800 bits per heavy atom. The molecule has 5 rings (SSSR count). The maximum absolute atomic E-state index is 2.41. The van der Waals surface area contributed by atoms with Gasteiger partial charge in [0.1, 0.15) is 0 Å². The molecule has 20 heavy (non-hydrogen) atoms. The van der Waals surface area contributed by atoms with Gasteiger partial charge in [-0.3, -0.25) is 0 Å². The molecule has 0 aromatic heterocycles. The number of hydrogen-bond donors (Lipinski definition) is 0. The van der Waals surface area contributed by atoms with Gasteiger partial charge in [-0.05, 0) is 46.6 Å². The van der Waals surface area contributed by atoms with E-state index in [9.17, 15) is 0 Å². The van der Waals surface area contributed by atoms with Crippen LogP contribution < -0.4 is 0 Å². The molecule has 0 amide bonds. The molecule has 0 saturated heterocycles. The van der Waals surface area contributed by atoms with Crippen molar-refractivity contribution in [3.63, 3.8) is 0 Å². The lowest BCUT2D eigenvalue weighted by molar-refractivity contribution is 0.535. The highest BCUT2D eigenvalue weighted by Crippen LogP contribution is 2.53. The highest BCUT2D eigenvalue weighted by Gasteiger charge is 2.36. The van der Waals surface area contributed by atoms with Gasteiger partial charge in [0.25, 0.3) is 0 Å². The smallest absolute Gasteiger partial charge is 0.0351 e. The molecule has 0 N–H and O–H groups in total.